The average Bonchev–Trinajstić information content (AvgIpc) is 3.16. The SMILES string of the molecule is c1csc(-c2ccc3nc(NC4CCNCC4)[nH]c3c2)n1. The summed E-state index contributed by atoms with van der Waals surface area (Å²) >= 11 is 1.65. The van der Waals surface area contributed by atoms with Crippen molar-refractivity contribution in [2.45, 2.75) is 18.9 Å². The maximum absolute atomic E-state index is 4.63. The summed E-state index contributed by atoms with van der Waals surface area (Å²) in [4.78, 5) is 12.4. The zero-order chi connectivity index (χ0) is 14.1. The molecule has 6 heteroatoms. The second-order valence-corrected chi connectivity index (χ2v) is 6.22. The highest BCUT2D eigenvalue weighted by Gasteiger charge is 2.14. The van der Waals surface area contributed by atoms with Crippen LogP contribution in [0.4, 0.5) is 5.95 Å². The molecule has 3 aromatic rings. The van der Waals surface area contributed by atoms with Crippen molar-refractivity contribution in [2.75, 3.05) is 18.4 Å². The first-order valence-electron chi connectivity index (χ1n) is 7.25. The van der Waals surface area contributed by atoms with E-state index in [0.29, 0.717) is 6.04 Å². The van der Waals surface area contributed by atoms with Crippen molar-refractivity contribution in [1.82, 2.24) is 20.3 Å². The number of anilines is 1. The summed E-state index contributed by atoms with van der Waals surface area (Å²) in [5.41, 5.74) is 3.18. The largest absolute Gasteiger partial charge is 0.353 e. The van der Waals surface area contributed by atoms with E-state index in [2.05, 4.69) is 43.8 Å². The van der Waals surface area contributed by atoms with Crippen molar-refractivity contribution in [3.63, 3.8) is 0 Å². The van der Waals surface area contributed by atoms with Crippen LogP contribution >= 0.6 is 11.3 Å². The Morgan fingerprint density at radius 3 is 2.95 bits per heavy atom. The van der Waals surface area contributed by atoms with Crippen LogP contribution < -0.4 is 10.6 Å². The first kappa shape index (κ1) is 12.8. The summed E-state index contributed by atoms with van der Waals surface area (Å²) in [6.45, 7) is 2.15. The Labute approximate surface area is 126 Å². The van der Waals surface area contributed by atoms with E-state index in [-0.39, 0.29) is 0 Å². The molecule has 1 aromatic carbocycles. The lowest BCUT2D eigenvalue weighted by Gasteiger charge is -2.23. The Morgan fingerprint density at radius 2 is 2.14 bits per heavy atom. The fourth-order valence-electron chi connectivity index (χ4n) is 2.74. The third-order valence-corrected chi connectivity index (χ3v) is 4.66. The third-order valence-electron chi connectivity index (χ3n) is 3.84. The summed E-state index contributed by atoms with van der Waals surface area (Å²) in [7, 11) is 0. The van der Waals surface area contributed by atoms with Crippen molar-refractivity contribution in [2.24, 2.45) is 0 Å². The molecule has 1 aliphatic rings. The Morgan fingerprint density at radius 1 is 1.24 bits per heavy atom. The molecule has 0 radical (unpaired) electrons. The molecule has 2 aromatic heterocycles. The van der Waals surface area contributed by atoms with E-state index in [9.17, 15) is 0 Å². The second-order valence-electron chi connectivity index (χ2n) is 5.32. The van der Waals surface area contributed by atoms with Crippen LogP contribution in [0.1, 0.15) is 12.8 Å². The Balaban J connectivity index is 1.60. The van der Waals surface area contributed by atoms with Crippen molar-refractivity contribution in [1.29, 1.82) is 0 Å². The summed E-state index contributed by atoms with van der Waals surface area (Å²) in [6.07, 6.45) is 4.12. The molecule has 0 spiro atoms. The van der Waals surface area contributed by atoms with Crippen LogP contribution in [0.3, 0.4) is 0 Å². The molecule has 21 heavy (non-hydrogen) atoms. The van der Waals surface area contributed by atoms with Gasteiger partial charge in [0, 0.05) is 23.2 Å². The van der Waals surface area contributed by atoms with Gasteiger partial charge in [-0.3, -0.25) is 0 Å². The number of hydrogen-bond acceptors (Lipinski definition) is 5. The summed E-state index contributed by atoms with van der Waals surface area (Å²) < 4.78 is 0. The van der Waals surface area contributed by atoms with Gasteiger partial charge in [-0.2, -0.15) is 0 Å². The predicted molar refractivity (Wildman–Crippen MR) is 86.7 cm³/mol. The molecular formula is C15H17N5S. The van der Waals surface area contributed by atoms with Gasteiger partial charge in [0.1, 0.15) is 5.01 Å². The molecule has 0 saturated carbocycles. The Bertz CT molecular complexity index is 728. The number of imidazole rings is 1. The molecule has 4 rings (SSSR count). The van der Waals surface area contributed by atoms with E-state index in [1.165, 1.54) is 0 Å². The monoisotopic (exact) mass is 299 g/mol. The normalized spacial score (nSPS) is 16.4. The number of nitrogens with zero attached hydrogens (tertiary/aromatic N) is 2. The van der Waals surface area contributed by atoms with Crippen molar-refractivity contribution >= 4 is 28.3 Å². The lowest BCUT2D eigenvalue weighted by atomic mass is 10.1. The van der Waals surface area contributed by atoms with Gasteiger partial charge in [-0.15, -0.1) is 11.3 Å². The fourth-order valence-corrected chi connectivity index (χ4v) is 3.37. The minimum atomic E-state index is 0.505. The summed E-state index contributed by atoms with van der Waals surface area (Å²) in [5.74, 6) is 0.869. The number of nitrogens with one attached hydrogen (secondary N) is 3. The zero-order valence-corrected chi connectivity index (χ0v) is 12.4. The molecular weight excluding hydrogens is 282 g/mol. The molecule has 1 aliphatic heterocycles. The maximum Gasteiger partial charge on any atom is 0.201 e. The topological polar surface area (TPSA) is 65.6 Å². The number of thiazole rings is 1. The van der Waals surface area contributed by atoms with Gasteiger partial charge in [0.2, 0.25) is 5.95 Å². The zero-order valence-electron chi connectivity index (χ0n) is 11.6. The van der Waals surface area contributed by atoms with Gasteiger partial charge in [-0.05, 0) is 44.1 Å². The van der Waals surface area contributed by atoms with Gasteiger partial charge < -0.3 is 15.6 Å². The van der Waals surface area contributed by atoms with Crippen LogP contribution in [-0.4, -0.2) is 34.1 Å². The molecule has 1 saturated heterocycles. The van der Waals surface area contributed by atoms with Gasteiger partial charge in [0.25, 0.3) is 0 Å². The smallest absolute Gasteiger partial charge is 0.201 e. The maximum atomic E-state index is 4.63. The van der Waals surface area contributed by atoms with Gasteiger partial charge in [-0.25, -0.2) is 9.97 Å². The number of aromatic nitrogens is 3. The van der Waals surface area contributed by atoms with Gasteiger partial charge in [0.05, 0.1) is 11.0 Å². The Kier molecular flexibility index (Phi) is 3.33. The number of H-pyrrole nitrogens is 1. The number of benzene rings is 1. The number of rotatable bonds is 3. The third kappa shape index (κ3) is 2.64. The molecule has 0 aliphatic carbocycles. The lowest BCUT2D eigenvalue weighted by molar-refractivity contribution is 0.477. The quantitative estimate of drug-likeness (QED) is 0.696. The first-order valence-corrected chi connectivity index (χ1v) is 8.13. The molecule has 1 fully saturated rings. The number of aromatic amines is 1. The van der Waals surface area contributed by atoms with Crippen molar-refractivity contribution < 1.29 is 0 Å². The van der Waals surface area contributed by atoms with Gasteiger partial charge >= 0.3 is 0 Å². The second kappa shape index (κ2) is 5.46. The van der Waals surface area contributed by atoms with E-state index in [4.69, 9.17) is 0 Å². The Hall–Kier alpha value is -1.92. The molecule has 3 N–H and O–H groups in total. The van der Waals surface area contributed by atoms with Crippen LogP contribution in [0, 0.1) is 0 Å². The van der Waals surface area contributed by atoms with Crippen molar-refractivity contribution in [3.05, 3.63) is 29.8 Å². The van der Waals surface area contributed by atoms with Crippen LogP contribution in [0.5, 0.6) is 0 Å². The van der Waals surface area contributed by atoms with E-state index in [1.54, 1.807) is 11.3 Å². The highest BCUT2D eigenvalue weighted by molar-refractivity contribution is 7.13. The molecule has 108 valence electrons. The lowest BCUT2D eigenvalue weighted by Crippen LogP contribution is -2.35. The van der Waals surface area contributed by atoms with Crippen LogP contribution in [0.15, 0.2) is 29.8 Å². The molecule has 0 amide bonds. The molecule has 3 heterocycles. The average molecular weight is 299 g/mol. The first-order chi connectivity index (χ1) is 10.4. The van der Waals surface area contributed by atoms with E-state index in [1.807, 2.05) is 11.6 Å². The highest BCUT2D eigenvalue weighted by Crippen LogP contribution is 2.26. The fraction of sp³-hybridized carbons (Fsp3) is 0.333. The molecule has 0 unspecified atom stereocenters. The van der Waals surface area contributed by atoms with E-state index < -0.39 is 0 Å². The molecule has 0 atom stereocenters. The van der Waals surface area contributed by atoms with Crippen LogP contribution in [0.2, 0.25) is 0 Å². The highest BCUT2D eigenvalue weighted by atomic mass is 32.1. The van der Waals surface area contributed by atoms with Crippen LogP contribution in [-0.2, 0) is 0 Å². The molecule has 5 nitrogen and oxygen atoms in total. The summed E-state index contributed by atoms with van der Waals surface area (Å²) in [5, 5.41) is 9.92. The summed E-state index contributed by atoms with van der Waals surface area (Å²) in [6, 6.07) is 6.76. The predicted octanol–water partition coefficient (Wildman–Crippen LogP) is 2.85. The van der Waals surface area contributed by atoms with E-state index >= 15 is 0 Å². The minimum absolute atomic E-state index is 0.505. The van der Waals surface area contributed by atoms with Gasteiger partial charge in [0.15, 0.2) is 0 Å². The number of fused-ring (bicyclic) bond motifs is 1. The van der Waals surface area contributed by atoms with Crippen molar-refractivity contribution in [3.8, 4) is 10.6 Å². The minimum Gasteiger partial charge on any atom is -0.353 e. The molecule has 0 bridgehead atoms. The number of hydrogen-bond donors (Lipinski definition) is 3. The number of piperidine rings is 1. The van der Waals surface area contributed by atoms with E-state index in [0.717, 1.165) is 53.5 Å². The standard InChI is InChI=1S/C15H17N5S/c1-2-12-13(9-10(1)14-17-7-8-21-14)20-15(19-12)18-11-3-5-16-6-4-11/h1-2,7-9,11,16H,3-6H2,(H2,18,19,20). The van der Waals surface area contributed by atoms with Crippen LogP contribution in [0.25, 0.3) is 21.6 Å². The van der Waals surface area contributed by atoms with Gasteiger partial charge in [-0.1, -0.05) is 0 Å².